The van der Waals surface area contributed by atoms with Crippen molar-refractivity contribution >= 4 is 34.5 Å². The number of hydrogen-bond donors (Lipinski definition) is 0. The summed E-state index contributed by atoms with van der Waals surface area (Å²) < 4.78 is 5.25. The molecule has 2 heterocycles. The van der Waals surface area contributed by atoms with Crippen LogP contribution in [0.5, 0.6) is 0 Å². The second-order valence-corrected chi connectivity index (χ2v) is 8.40. The molecule has 1 fully saturated rings. The number of fused-ring (bicyclic) bond motifs is 1. The number of pyridine rings is 1. The van der Waals surface area contributed by atoms with Crippen molar-refractivity contribution < 1.29 is 14.3 Å². The van der Waals surface area contributed by atoms with Crippen molar-refractivity contribution in [2.45, 2.75) is 26.3 Å². The van der Waals surface area contributed by atoms with Gasteiger partial charge in [-0.2, -0.15) is 0 Å². The molecule has 1 aromatic heterocycles. The van der Waals surface area contributed by atoms with Crippen LogP contribution in [-0.2, 0) is 4.74 Å². The van der Waals surface area contributed by atoms with Gasteiger partial charge in [0.25, 0.3) is 5.91 Å². The van der Waals surface area contributed by atoms with Gasteiger partial charge in [-0.15, -0.1) is 0 Å². The molecule has 2 amide bonds. The van der Waals surface area contributed by atoms with Crippen LogP contribution in [0.1, 0.15) is 30.6 Å². The fourth-order valence-corrected chi connectivity index (χ4v) is 4.21. The lowest BCUT2D eigenvalue weighted by atomic mass is 10.1. The molecule has 0 bridgehead atoms. The second-order valence-electron chi connectivity index (χ2n) is 8.00. The Hall–Kier alpha value is -3.12. The average Bonchev–Trinajstić information content (AvgIpc) is 2.82. The molecule has 0 aliphatic carbocycles. The molecular formula is C25H26ClN3O3. The van der Waals surface area contributed by atoms with Crippen LogP contribution in [0.4, 0.5) is 4.79 Å². The Morgan fingerprint density at radius 3 is 2.62 bits per heavy atom. The zero-order valence-corrected chi connectivity index (χ0v) is 19.0. The summed E-state index contributed by atoms with van der Waals surface area (Å²) in [5.74, 6) is -0.0802. The van der Waals surface area contributed by atoms with E-state index >= 15 is 0 Å². The van der Waals surface area contributed by atoms with Crippen LogP contribution in [0.2, 0.25) is 5.02 Å². The first-order valence-corrected chi connectivity index (χ1v) is 11.2. The molecule has 0 spiro atoms. The monoisotopic (exact) mass is 451 g/mol. The summed E-state index contributed by atoms with van der Waals surface area (Å²) in [6.07, 6.45) is 0.467. The topological polar surface area (TPSA) is 62.7 Å². The smallest absolute Gasteiger partial charge is 0.410 e. The summed E-state index contributed by atoms with van der Waals surface area (Å²) >= 11 is 6.51. The Morgan fingerprint density at radius 2 is 1.91 bits per heavy atom. The molecule has 3 aromatic rings. The fourth-order valence-electron chi connectivity index (χ4n) is 3.94. The van der Waals surface area contributed by atoms with Gasteiger partial charge in [-0.3, -0.25) is 4.79 Å². The number of halogens is 1. The van der Waals surface area contributed by atoms with Gasteiger partial charge in [0, 0.05) is 42.2 Å². The van der Waals surface area contributed by atoms with Gasteiger partial charge in [0.05, 0.1) is 22.8 Å². The van der Waals surface area contributed by atoms with Crippen molar-refractivity contribution in [3.63, 3.8) is 0 Å². The predicted molar refractivity (Wildman–Crippen MR) is 126 cm³/mol. The highest BCUT2D eigenvalue weighted by Gasteiger charge is 2.31. The number of aromatic nitrogens is 1. The highest BCUT2D eigenvalue weighted by Crippen LogP contribution is 2.29. The van der Waals surface area contributed by atoms with Crippen LogP contribution in [0, 0.1) is 0 Å². The molecule has 7 heteroatoms. The number of piperazine rings is 1. The van der Waals surface area contributed by atoms with Crippen LogP contribution in [0.25, 0.3) is 22.2 Å². The van der Waals surface area contributed by atoms with Crippen molar-refractivity contribution in [2.24, 2.45) is 0 Å². The number of nitrogens with zero attached hydrogens (tertiary/aromatic N) is 3. The minimum Gasteiger partial charge on any atom is -0.449 e. The van der Waals surface area contributed by atoms with E-state index in [1.165, 1.54) is 0 Å². The Morgan fingerprint density at radius 1 is 1.12 bits per heavy atom. The molecule has 0 unspecified atom stereocenters. The van der Waals surface area contributed by atoms with Crippen molar-refractivity contribution in [2.75, 3.05) is 26.2 Å². The van der Waals surface area contributed by atoms with E-state index in [2.05, 4.69) is 0 Å². The van der Waals surface area contributed by atoms with Crippen LogP contribution in [0.3, 0.4) is 0 Å². The molecule has 0 saturated carbocycles. The molecule has 1 aliphatic rings. The first-order valence-electron chi connectivity index (χ1n) is 10.9. The van der Waals surface area contributed by atoms with Crippen molar-refractivity contribution in [3.8, 4) is 11.3 Å². The number of ether oxygens (including phenoxy) is 1. The standard InChI is InChI=1S/C25H26ClN3O3/c1-3-13-32-25(31)29-12-11-28(16-17(29)2)24(30)19-9-10-20-21(26)15-22(27-23(20)14-19)18-7-5-4-6-8-18/h4-10,14-15,17H,3,11-13,16H2,1-2H3/t17-/m0/s1. The lowest BCUT2D eigenvalue weighted by molar-refractivity contribution is 0.0412. The largest absolute Gasteiger partial charge is 0.449 e. The summed E-state index contributed by atoms with van der Waals surface area (Å²) in [6, 6.07) is 17.0. The number of carbonyl (C=O) groups excluding carboxylic acids is 2. The van der Waals surface area contributed by atoms with Gasteiger partial charge in [-0.05, 0) is 31.5 Å². The Labute approximate surface area is 192 Å². The third kappa shape index (κ3) is 4.55. The van der Waals surface area contributed by atoms with Gasteiger partial charge in [-0.1, -0.05) is 54.9 Å². The van der Waals surface area contributed by atoms with Crippen molar-refractivity contribution in [1.82, 2.24) is 14.8 Å². The SMILES string of the molecule is CCCOC(=O)N1CCN(C(=O)c2ccc3c(Cl)cc(-c4ccccc4)nc3c2)C[C@@H]1C. The average molecular weight is 452 g/mol. The van der Waals surface area contributed by atoms with Gasteiger partial charge in [0.15, 0.2) is 0 Å². The summed E-state index contributed by atoms with van der Waals surface area (Å²) in [6.45, 7) is 5.66. The van der Waals surface area contributed by atoms with E-state index in [1.807, 2.05) is 56.3 Å². The summed E-state index contributed by atoms with van der Waals surface area (Å²) in [5.41, 5.74) is 2.96. The third-order valence-electron chi connectivity index (χ3n) is 5.65. The lowest BCUT2D eigenvalue weighted by Crippen LogP contribution is -2.55. The number of hydrogen-bond acceptors (Lipinski definition) is 4. The van der Waals surface area contributed by atoms with Crippen LogP contribution in [0.15, 0.2) is 54.6 Å². The van der Waals surface area contributed by atoms with Crippen LogP contribution >= 0.6 is 11.6 Å². The van der Waals surface area contributed by atoms with Gasteiger partial charge in [0.1, 0.15) is 0 Å². The van der Waals surface area contributed by atoms with E-state index in [9.17, 15) is 9.59 Å². The van der Waals surface area contributed by atoms with Crippen LogP contribution in [-0.4, -0.2) is 59.1 Å². The predicted octanol–water partition coefficient (Wildman–Crippen LogP) is 5.25. The number of carbonyl (C=O) groups is 2. The fraction of sp³-hybridized carbons (Fsp3) is 0.320. The highest BCUT2D eigenvalue weighted by molar-refractivity contribution is 6.35. The van der Waals surface area contributed by atoms with E-state index in [1.54, 1.807) is 21.9 Å². The van der Waals surface area contributed by atoms with Crippen LogP contribution < -0.4 is 0 Å². The highest BCUT2D eigenvalue weighted by atomic mass is 35.5. The van der Waals surface area contributed by atoms with E-state index in [4.69, 9.17) is 21.3 Å². The maximum atomic E-state index is 13.2. The summed E-state index contributed by atoms with van der Waals surface area (Å²) in [5, 5.41) is 1.40. The van der Waals surface area contributed by atoms with E-state index < -0.39 is 0 Å². The second kappa shape index (κ2) is 9.57. The molecule has 0 N–H and O–H groups in total. The van der Waals surface area contributed by atoms with Crippen molar-refractivity contribution in [1.29, 1.82) is 0 Å². The Bertz CT molecular complexity index is 1140. The molecule has 0 radical (unpaired) electrons. The maximum Gasteiger partial charge on any atom is 0.410 e. The molecule has 4 rings (SSSR count). The number of amides is 2. The maximum absolute atomic E-state index is 13.2. The van der Waals surface area contributed by atoms with Gasteiger partial charge in [0.2, 0.25) is 0 Å². The normalized spacial score (nSPS) is 16.3. The lowest BCUT2D eigenvalue weighted by Gasteiger charge is -2.39. The van der Waals surface area contributed by atoms with E-state index in [-0.39, 0.29) is 18.0 Å². The minimum absolute atomic E-state index is 0.0802. The van der Waals surface area contributed by atoms with E-state index in [0.717, 1.165) is 23.1 Å². The third-order valence-corrected chi connectivity index (χ3v) is 5.97. The minimum atomic E-state index is -0.315. The Balaban J connectivity index is 1.54. The number of rotatable bonds is 4. The van der Waals surface area contributed by atoms with Gasteiger partial charge >= 0.3 is 6.09 Å². The molecule has 166 valence electrons. The quantitative estimate of drug-likeness (QED) is 0.543. The Kier molecular flexibility index (Phi) is 6.61. The first kappa shape index (κ1) is 22.1. The molecule has 1 aliphatic heterocycles. The summed E-state index contributed by atoms with van der Waals surface area (Å²) in [4.78, 5) is 33.6. The van der Waals surface area contributed by atoms with Gasteiger partial charge in [-0.25, -0.2) is 9.78 Å². The van der Waals surface area contributed by atoms with Gasteiger partial charge < -0.3 is 14.5 Å². The first-order chi connectivity index (χ1) is 15.5. The molecule has 1 saturated heterocycles. The molecular weight excluding hydrogens is 426 g/mol. The molecule has 6 nitrogen and oxygen atoms in total. The van der Waals surface area contributed by atoms with Crippen molar-refractivity contribution in [3.05, 3.63) is 65.2 Å². The molecule has 1 atom stereocenters. The van der Waals surface area contributed by atoms with E-state index in [0.29, 0.717) is 42.3 Å². The zero-order chi connectivity index (χ0) is 22.7. The zero-order valence-electron chi connectivity index (χ0n) is 18.3. The molecule has 32 heavy (non-hydrogen) atoms. The summed E-state index contributed by atoms with van der Waals surface area (Å²) in [7, 11) is 0. The number of benzene rings is 2. The molecule has 2 aromatic carbocycles.